The second-order valence-electron chi connectivity index (χ2n) is 6.53. The van der Waals surface area contributed by atoms with E-state index < -0.39 is 0 Å². The Morgan fingerprint density at radius 1 is 1.05 bits per heavy atom. The maximum atomic E-state index is 9.46. The first-order chi connectivity index (χ1) is 10.3. The standard InChI is InChI=1S/C18H28N2O/c1-2-18(15-7-9-17(21)10-8-15)20-13-11-19(12-14-20)16-5-3-4-6-16/h7-10,16,18,21H,2-6,11-14H2,1H3. The van der Waals surface area contributed by atoms with Crippen LogP contribution >= 0.6 is 0 Å². The predicted molar refractivity (Wildman–Crippen MR) is 86.5 cm³/mol. The van der Waals surface area contributed by atoms with Crippen molar-refractivity contribution < 1.29 is 5.11 Å². The van der Waals surface area contributed by atoms with Crippen molar-refractivity contribution in [2.45, 2.75) is 51.1 Å². The molecule has 3 rings (SSSR count). The summed E-state index contributed by atoms with van der Waals surface area (Å²) in [5, 5.41) is 9.46. The van der Waals surface area contributed by atoms with Gasteiger partial charge in [-0.3, -0.25) is 9.80 Å². The van der Waals surface area contributed by atoms with Crippen LogP contribution in [-0.4, -0.2) is 47.1 Å². The van der Waals surface area contributed by atoms with Crippen molar-refractivity contribution in [1.29, 1.82) is 0 Å². The van der Waals surface area contributed by atoms with Crippen molar-refractivity contribution in [3.8, 4) is 5.75 Å². The molecule has 3 nitrogen and oxygen atoms in total. The number of aromatic hydroxyl groups is 1. The van der Waals surface area contributed by atoms with Crippen LogP contribution in [0.15, 0.2) is 24.3 Å². The van der Waals surface area contributed by atoms with E-state index in [9.17, 15) is 5.11 Å². The molecule has 1 aliphatic heterocycles. The number of phenolic OH excluding ortho intramolecular Hbond substituents is 1. The lowest BCUT2D eigenvalue weighted by Crippen LogP contribution is -2.50. The highest BCUT2D eigenvalue weighted by atomic mass is 16.3. The number of rotatable bonds is 4. The Hall–Kier alpha value is -1.06. The second-order valence-corrected chi connectivity index (χ2v) is 6.53. The number of phenols is 1. The van der Waals surface area contributed by atoms with Crippen LogP contribution in [0.3, 0.4) is 0 Å². The summed E-state index contributed by atoms with van der Waals surface area (Å²) in [5.41, 5.74) is 1.34. The van der Waals surface area contributed by atoms with Crippen LogP contribution in [-0.2, 0) is 0 Å². The summed E-state index contributed by atoms with van der Waals surface area (Å²) < 4.78 is 0. The van der Waals surface area contributed by atoms with E-state index >= 15 is 0 Å². The van der Waals surface area contributed by atoms with Crippen LogP contribution in [0, 0.1) is 0 Å². The van der Waals surface area contributed by atoms with Crippen molar-refractivity contribution in [1.82, 2.24) is 9.80 Å². The zero-order valence-corrected chi connectivity index (χ0v) is 13.2. The quantitative estimate of drug-likeness (QED) is 0.920. The molecule has 2 aliphatic rings. The molecule has 21 heavy (non-hydrogen) atoms. The van der Waals surface area contributed by atoms with Gasteiger partial charge in [0.05, 0.1) is 0 Å². The van der Waals surface area contributed by atoms with Crippen LogP contribution in [0.5, 0.6) is 5.75 Å². The zero-order valence-electron chi connectivity index (χ0n) is 13.2. The molecule has 1 N–H and O–H groups in total. The average molecular weight is 288 g/mol. The molecule has 1 heterocycles. The van der Waals surface area contributed by atoms with E-state index in [-0.39, 0.29) is 0 Å². The van der Waals surface area contributed by atoms with Gasteiger partial charge in [-0.25, -0.2) is 0 Å². The van der Waals surface area contributed by atoms with E-state index in [0.29, 0.717) is 11.8 Å². The van der Waals surface area contributed by atoms with E-state index in [2.05, 4.69) is 28.9 Å². The molecule has 0 aromatic heterocycles. The Bertz CT molecular complexity index is 431. The largest absolute Gasteiger partial charge is 0.508 e. The Labute approximate surface area is 128 Å². The Balaban J connectivity index is 1.60. The first-order valence-corrected chi connectivity index (χ1v) is 8.55. The van der Waals surface area contributed by atoms with Gasteiger partial charge in [-0.05, 0) is 37.0 Å². The van der Waals surface area contributed by atoms with Gasteiger partial charge in [0.25, 0.3) is 0 Å². The molecule has 0 bridgehead atoms. The smallest absolute Gasteiger partial charge is 0.115 e. The van der Waals surface area contributed by atoms with Crippen molar-refractivity contribution in [3.05, 3.63) is 29.8 Å². The Kier molecular flexibility index (Phi) is 4.81. The fraction of sp³-hybridized carbons (Fsp3) is 0.667. The van der Waals surface area contributed by atoms with Crippen LogP contribution < -0.4 is 0 Å². The third-order valence-electron chi connectivity index (χ3n) is 5.30. The second kappa shape index (κ2) is 6.80. The molecule has 0 amide bonds. The molecular weight excluding hydrogens is 260 g/mol. The van der Waals surface area contributed by atoms with E-state index in [4.69, 9.17) is 0 Å². The lowest BCUT2D eigenvalue weighted by Gasteiger charge is -2.41. The lowest BCUT2D eigenvalue weighted by molar-refractivity contribution is 0.0686. The summed E-state index contributed by atoms with van der Waals surface area (Å²) in [5.74, 6) is 0.361. The number of piperazine rings is 1. The van der Waals surface area contributed by atoms with Crippen LogP contribution in [0.4, 0.5) is 0 Å². The van der Waals surface area contributed by atoms with Gasteiger partial charge in [-0.15, -0.1) is 0 Å². The molecule has 3 heteroatoms. The first kappa shape index (κ1) is 14.9. The molecule has 1 unspecified atom stereocenters. The van der Waals surface area contributed by atoms with Gasteiger partial charge in [0.15, 0.2) is 0 Å². The van der Waals surface area contributed by atoms with Crippen molar-refractivity contribution in [3.63, 3.8) is 0 Å². The number of hydrogen-bond acceptors (Lipinski definition) is 3. The number of benzene rings is 1. The summed E-state index contributed by atoms with van der Waals surface area (Å²) >= 11 is 0. The van der Waals surface area contributed by atoms with E-state index in [1.165, 1.54) is 57.4 Å². The van der Waals surface area contributed by atoms with Crippen molar-refractivity contribution in [2.75, 3.05) is 26.2 Å². The highest BCUT2D eigenvalue weighted by Crippen LogP contribution is 2.29. The summed E-state index contributed by atoms with van der Waals surface area (Å²) in [6, 6.07) is 9.14. The third-order valence-corrected chi connectivity index (χ3v) is 5.30. The minimum absolute atomic E-state index is 0.361. The Morgan fingerprint density at radius 3 is 2.24 bits per heavy atom. The van der Waals surface area contributed by atoms with Gasteiger partial charge in [0.2, 0.25) is 0 Å². The van der Waals surface area contributed by atoms with Crippen LogP contribution in [0.1, 0.15) is 50.6 Å². The predicted octanol–water partition coefficient (Wildman–Crippen LogP) is 3.40. The minimum Gasteiger partial charge on any atom is -0.508 e. The highest BCUT2D eigenvalue weighted by molar-refractivity contribution is 5.28. The van der Waals surface area contributed by atoms with Gasteiger partial charge in [-0.1, -0.05) is 31.9 Å². The minimum atomic E-state index is 0.361. The molecule has 1 saturated carbocycles. The normalized spacial score (nSPS) is 23.5. The summed E-state index contributed by atoms with van der Waals surface area (Å²) in [6.45, 7) is 7.06. The average Bonchev–Trinajstić information content (AvgIpc) is 3.05. The van der Waals surface area contributed by atoms with Crippen LogP contribution in [0.2, 0.25) is 0 Å². The monoisotopic (exact) mass is 288 g/mol. The van der Waals surface area contributed by atoms with Gasteiger partial charge in [0, 0.05) is 38.3 Å². The molecule has 1 aromatic rings. The topological polar surface area (TPSA) is 26.7 Å². The zero-order chi connectivity index (χ0) is 14.7. The van der Waals surface area contributed by atoms with Gasteiger partial charge in [0.1, 0.15) is 5.75 Å². The van der Waals surface area contributed by atoms with Crippen LogP contribution in [0.25, 0.3) is 0 Å². The van der Waals surface area contributed by atoms with Gasteiger partial charge < -0.3 is 5.11 Å². The summed E-state index contributed by atoms with van der Waals surface area (Å²) in [4.78, 5) is 5.34. The number of hydrogen-bond donors (Lipinski definition) is 1. The van der Waals surface area contributed by atoms with Crippen molar-refractivity contribution >= 4 is 0 Å². The number of nitrogens with zero attached hydrogens (tertiary/aromatic N) is 2. The fourth-order valence-electron chi connectivity index (χ4n) is 4.08. The highest BCUT2D eigenvalue weighted by Gasteiger charge is 2.28. The third kappa shape index (κ3) is 3.41. The summed E-state index contributed by atoms with van der Waals surface area (Å²) in [6.07, 6.45) is 6.81. The maximum Gasteiger partial charge on any atom is 0.115 e. The van der Waals surface area contributed by atoms with Gasteiger partial charge in [-0.2, -0.15) is 0 Å². The fourth-order valence-corrected chi connectivity index (χ4v) is 4.08. The Morgan fingerprint density at radius 2 is 1.67 bits per heavy atom. The maximum absolute atomic E-state index is 9.46. The lowest BCUT2D eigenvalue weighted by atomic mass is 10.0. The molecule has 1 saturated heterocycles. The van der Waals surface area contributed by atoms with E-state index in [0.717, 1.165) is 12.5 Å². The van der Waals surface area contributed by atoms with E-state index in [1.807, 2.05) is 12.1 Å². The summed E-state index contributed by atoms with van der Waals surface area (Å²) in [7, 11) is 0. The molecule has 1 atom stereocenters. The molecule has 0 spiro atoms. The van der Waals surface area contributed by atoms with E-state index in [1.54, 1.807) is 0 Å². The van der Waals surface area contributed by atoms with Crippen molar-refractivity contribution in [2.24, 2.45) is 0 Å². The molecule has 116 valence electrons. The molecule has 1 aliphatic carbocycles. The van der Waals surface area contributed by atoms with Gasteiger partial charge >= 0.3 is 0 Å². The molecule has 1 aromatic carbocycles. The first-order valence-electron chi connectivity index (χ1n) is 8.55. The molecule has 2 fully saturated rings. The molecule has 0 radical (unpaired) electrons. The molecular formula is C18H28N2O. The SMILES string of the molecule is CCC(c1ccc(O)cc1)N1CCN(C2CCCC2)CC1.